The number of hydrogen-bond acceptors (Lipinski definition) is 2. The summed E-state index contributed by atoms with van der Waals surface area (Å²) in [5.74, 6) is 0.447. The molecule has 1 rings (SSSR count). The second-order valence-corrected chi connectivity index (χ2v) is 2.94. The van der Waals surface area contributed by atoms with Crippen molar-refractivity contribution in [1.29, 1.82) is 0 Å². The molecule has 1 N–H and O–H groups in total. The summed E-state index contributed by atoms with van der Waals surface area (Å²) in [5, 5.41) is 9.23. The van der Waals surface area contributed by atoms with Crippen LogP contribution in [-0.2, 0) is 4.74 Å². The van der Waals surface area contributed by atoms with E-state index in [4.69, 9.17) is 4.74 Å². The van der Waals surface area contributed by atoms with Crippen LogP contribution in [0.15, 0.2) is 0 Å². The number of ether oxygens (including phenoxy) is 1. The summed E-state index contributed by atoms with van der Waals surface area (Å²) in [5.41, 5.74) is 0. The van der Waals surface area contributed by atoms with Crippen LogP contribution in [0, 0.1) is 5.92 Å². The van der Waals surface area contributed by atoms with Crippen LogP contribution in [0.25, 0.3) is 0 Å². The van der Waals surface area contributed by atoms with E-state index in [2.05, 4.69) is 13.8 Å². The summed E-state index contributed by atoms with van der Waals surface area (Å²) >= 11 is 0. The van der Waals surface area contributed by atoms with Gasteiger partial charge in [-0.1, -0.05) is 13.8 Å². The molecule has 1 saturated heterocycles. The molecule has 54 valence electrons. The molecule has 0 aliphatic carbocycles. The van der Waals surface area contributed by atoms with E-state index in [1.165, 1.54) is 0 Å². The lowest BCUT2D eigenvalue weighted by Crippen LogP contribution is -2.26. The lowest BCUT2D eigenvalue weighted by atomic mass is 10.0. The molecule has 2 atom stereocenters. The highest BCUT2D eigenvalue weighted by molar-refractivity contribution is 4.77. The summed E-state index contributed by atoms with van der Waals surface area (Å²) in [4.78, 5) is 0. The van der Waals surface area contributed by atoms with Crippen molar-refractivity contribution in [2.45, 2.75) is 32.5 Å². The molecule has 0 aromatic carbocycles. The first-order valence-electron chi connectivity index (χ1n) is 3.51. The zero-order chi connectivity index (χ0) is 6.85. The van der Waals surface area contributed by atoms with Gasteiger partial charge in [-0.15, -0.1) is 0 Å². The molecule has 0 amide bonds. The fraction of sp³-hybridized carbons (Fsp3) is 1.00. The molecule has 0 spiro atoms. The Bertz CT molecular complexity index is 90.9. The number of rotatable bonds is 1. The highest BCUT2D eigenvalue weighted by atomic mass is 16.5. The Morgan fingerprint density at radius 2 is 2.22 bits per heavy atom. The second kappa shape index (κ2) is 2.67. The summed E-state index contributed by atoms with van der Waals surface area (Å²) in [6, 6.07) is 0. The van der Waals surface area contributed by atoms with E-state index in [1.807, 2.05) is 0 Å². The Morgan fingerprint density at radius 1 is 1.56 bits per heavy atom. The lowest BCUT2D eigenvalue weighted by Gasteiger charge is -2.16. The average molecular weight is 130 g/mol. The predicted molar refractivity (Wildman–Crippen MR) is 35.2 cm³/mol. The first kappa shape index (κ1) is 7.03. The molecule has 1 aliphatic rings. The van der Waals surface area contributed by atoms with E-state index in [1.54, 1.807) is 0 Å². The summed E-state index contributed by atoms with van der Waals surface area (Å²) in [7, 11) is 0. The molecule has 0 aromatic heterocycles. The SMILES string of the molecule is CC(C)[C@H]1OCC[C@@H]1O. The minimum atomic E-state index is -0.218. The molecule has 2 heteroatoms. The van der Waals surface area contributed by atoms with Gasteiger partial charge in [-0.05, 0) is 12.3 Å². The monoisotopic (exact) mass is 130 g/mol. The maximum Gasteiger partial charge on any atom is 0.0857 e. The van der Waals surface area contributed by atoms with Crippen molar-refractivity contribution >= 4 is 0 Å². The van der Waals surface area contributed by atoms with Gasteiger partial charge in [0, 0.05) is 6.61 Å². The van der Waals surface area contributed by atoms with Gasteiger partial charge in [-0.2, -0.15) is 0 Å². The van der Waals surface area contributed by atoms with E-state index in [0.717, 1.165) is 13.0 Å². The van der Waals surface area contributed by atoms with Crippen molar-refractivity contribution in [3.8, 4) is 0 Å². The highest BCUT2D eigenvalue weighted by Gasteiger charge is 2.28. The Morgan fingerprint density at radius 3 is 2.44 bits per heavy atom. The van der Waals surface area contributed by atoms with Crippen molar-refractivity contribution in [2.75, 3.05) is 6.61 Å². The van der Waals surface area contributed by atoms with Gasteiger partial charge >= 0.3 is 0 Å². The Hall–Kier alpha value is -0.0800. The van der Waals surface area contributed by atoms with Crippen LogP contribution < -0.4 is 0 Å². The maximum absolute atomic E-state index is 9.23. The van der Waals surface area contributed by atoms with E-state index in [-0.39, 0.29) is 12.2 Å². The van der Waals surface area contributed by atoms with Crippen molar-refractivity contribution in [1.82, 2.24) is 0 Å². The molecule has 1 heterocycles. The van der Waals surface area contributed by atoms with Gasteiger partial charge in [-0.3, -0.25) is 0 Å². The smallest absolute Gasteiger partial charge is 0.0857 e. The third kappa shape index (κ3) is 1.43. The van der Waals surface area contributed by atoms with Crippen LogP contribution >= 0.6 is 0 Å². The molecule has 0 unspecified atom stereocenters. The molecule has 0 bridgehead atoms. The molecule has 1 aliphatic heterocycles. The summed E-state index contributed by atoms with van der Waals surface area (Å²) in [6.45, 7) is 4.86. The number of aliphatic hydroxyl groups excluding tert-OH is 1. The van der Waals surface area contributed by atoms with Gasteiger partial charge in [0.25, 0.3) is 0 Å². The molecular formula is C7H14O2. The van der Waals surface area contributed by atoms with Crippen LogP contribution in [0.1, 0.15) is 20.3 Å². The average Bonchev–Trinajstić information content (AvgIpc) is 2.13. The topological polar surface area (TPSA) is 29.5 Å². The Balaban J connectivity index is 2.40. The van der Waals surface area contributed by atoms with Gasteiger partial charge in [-0.25, -0.2) is 0 Å². The molecular weight excluding hydrogens is 116 g/mol. The van der Waals surface area contributed by atoms with Gasteiger partial charge in [0.1, 0.15) is 0 Å². The third-order valence-corrected chi connectivity index (χ3v) is 1.76. The number of aliphatic hydroxyl groups is 1. The highest BCUT2D eigenvalue weighted by Crippen LogP contribution is 2.19. The Labute approximate surface area is 55.8 Å². The quantitative estimate of drug-likeness (QED) is 0.568. The normalized spacial score (nSPS) is 36.0. The maximum atomic E-state index is 9.23. The first-order chi connectivity index (χ1) is 4.22. The minimum absolute atomic E-state index is 0.0880. The van der Waals surface area contributed by atoms with Crippen molar-refractivity contribution in [2.24, 2.45) is 5.92 Å². The Kier molecular flexibility index (Phi) is 2.09. The third-order valence-electron chi connectivity index (χ3n) is 1.76. The van der Waals surface area contributed by atoms with Crippen molar-refractivity contribution < 1.29 is 9.84 Å². The van der Waals surface area contributed by atoms with E-state index in [9.17, 15) is 5.11 Å². The molecule has 2 nitrogen and oxygen atoms in total. The van der Waals surface area contributed by atoms with E-state index in [0.29, 0.717) is 5.92 Å². The molecule has 0 radical (unpaired) electrons. The molecule has 0 aromatic rings. The van der Waals surface area contributed by atoms with Crippen LogP contribution in [0.3, 0.4) is 0 Å². The van der Waals surface area contributed by atoms with Crippen LogP contribution in [0.4, 0.5) is 0 Å². The van der Waals surface area contributed by atoms with Gasteiger partial charge in [0.05, 0.1) is 12.2 Å². The molecule has 9 heavy (non-hydrogen) atoms. The van der Waals surface area contributed by atoms with Crippen LogP contribution in [0.2, 0.25) is 0 Å². The van der Waals surface area contributed by atoms with Gasteiger partial charge < -0.3 is 9.84 Å². The number of hydrogen-bond donors (Lipinski definition) is 1. The van der Waals surface area contributed by atoms with E-state index >= 15 is 0 Å². The predicted octanol–water partition coefficient (Wildman–Crippen LogP) is 0.792. The molecule has 0 saturated carbocycles. The summed E-state index contributed by atoms with van der Waals surface area (Å²) in [6.07, 6.45) is 0.679. The van der Waals surface area contributed by atoms with Crippen LogP contribution in [-0.4, -0.2) is 23.9 Å². The van der Waals surface area contributed by atoms with E-state index < -0.39 is 0 Å². The minimum Gasteiger partial charge on any atom is -0.390 e. The largest absolute Gasteiger partial charge is 0.390 e. The van der Waals surface area contributed by atoms with Crippen LogP contribution in [0.5, 0.6) is 0 Å². The lowest BCUT2D eigenvalue weighted by molar-refractivity contribution is 0.0122. The fourth-order valence-electron chi connectivity index (χ4n) is 1.24. The zero-order valence-electron chi connectivity index (χ0n) is 6.00. The van der Waals surface area contributed by atoms with Crippen molar-refractivity contribution in [3.63, 3.8) is 0 Å². The zero-order valence-corrected chi connectivity index (χ0v) is 6.00. The first-order valence-corrected chi connectivity index (χ1v) is 3.51. The van der Waals surface area contributed by atoms with Crippen molar-refractivity contribution in [3.05, 3.63) is 0 Å². The molecule has 1 fully saturated rings. The fourth-order valence-corrected chi connectivity index (χ4v) is 1.24. The standard InChI is InChI=1S/C7H14O2/c1-5(2)7-6(8)3-4-9-7/h5-8H,3-4H2,1-2H3/t6-,7+/m0/s1. The van der Waals surface area contributed by atoms with Gasteiger partial charge in [0.2, 0.25) is 0 Å². The van der Waals surface area contributed by atoms with Gasteiger partial charge in [0.15, 0.2) is 0 Å². The summed E-state index contributed by atoms with van der Waals surface area (Å²) < 4.78 is 5.28. The second-order valence-electron chi connectivity index (χ2n) is 2.94.